The summed E-state index contributed by atoms with van der Waals surface area (Å²) in [5.74, 6) is -0.649. The van der Waals surface area contributed by atoms with Crippen LogP contribution >= 0.6 is 0 Å². The van der Waals surface area contributed by atoms with Gasteiger partial charge in [0.1, 0.15) is 6.61 Å². The van der Waals surface area contributed by atoms with Gasteiger partial charge in [0.25, 0.3) is 5.91 Å². The molecular formula is C18H20N2O3. The predicted molar refractivity (Wildman–Crippen MR) is 88.8 cm³/mol. The van der Waals surface area contributed by atoms with E-state index in [1.807, 2.05) is 43.3 Å². The molecule has 0 heterocycles. The minimum absolute atomic E-state index is 0.115. The van der Waals surface area contributed by atoms with Gasteiger partial charge < -0.3 is 15.8 Å². The second-order valence-corrected chi connectivity index (χ2v) is 5.24. The lowest BCUT2D eigenvalue weighted by Crippen LogP contribution is -2.27. The lowest BCUT2D eigenvalue weighted by molar-refractivity contribution is -0.144. The number of hydrogen-bond acceptors (Lipinski definition) is 4. The highest BCUT2D eigenvalue weighted by molar-refractivity contribution is 5.99. The number of nitrogens with two attached hydrogens (primary N) is 1. The zero-order valence-corrected chi connectivity index (χ0v) is 13.0. The summed E-state index contributed by atoms with van der Waals surface area (Å²) in [5.41, 5.74) is 8.57. The fourth-order valence-corrected chi connectivity index (χ4v) is 2.07. The number of anilines is 1. The molecule has 3 N–H and O–H groups in total. The summed E-state index contributed by atoms with van der Waals surface area (Å²) in [6, 6.07) is 14.7. The fourth-order valence-electron chi connectivity index (χ4n) is 2.07. The first-order valence-corrected chi connectivity index (χ1v) is 7.40. The molecule has 2 rings (SSSR count). The van der Waals surface area contributed by atoms with Crippen molar-refractivity contribution in [3.8, 4) is 0 Å². The number of ether oxygens (including phenoxy) is 1. The Morgan fingerprint density at radius 2 is 1.87 bits per heavy atom. The van der Waals surface area contributed by atoms with Crippen molar-refractivity contribution in [2.75, 3.05) is 12.3 Å². The molecule has 0 unspecified atom stereocenters. The second kappa shape index (κ2) is 7.98. The van der Waals surface area contributed by atoms with E-state index in [0.717, 1.165) is 11.1 Å². The van der Waals surface area contributed by atoms with Gasteiger partial charge in [-0.1, -0.05) is 36.4 Å². The van der Waals surface area contributed by atoms with Gasteiger partial charge in [0.15, 0.2) is 0 Å². The van der Waals surface area contributed by atoms with Gasteiger partial charge in [-0.3, -0.25) is 9.59 Å². The number of esters is 1. The molecule has 0 saturated heterocycles. The van der Waals surface area contributed by atoms with Crippen molar-refractivity contribution in [2.24, 2.45) is 0 Å². The number of amides is 1. The molecule has 5 heteroatoms. The number of hydrogen-bond donors (Lipinski definition) is 2. The van der Waals surface area contributed by atoms with Crippen LogP contribution in [0.2, 0.25) is 0 Å². The molecule has 0 saturated carbocycles. The molecule has 23 heavy (non-hydrogen) atoms. The number of nitrogens with one attached hydrogen (secondary N) is 1. The predicted octanol–water partition coefficient (Wildman–Crippen LogP) is 2.44. The fraction of sp³-hybridized carbons (Fsp3) is 0.222. The molecule has 120 valence electrons. The quantitative estimate of drug-likeness (QED) is 0.634. The molecule has 0 aliphatic heterocycles. The third-order valence-electron chi connectivity index (χ3n) is 3.31. The molecule has 0 fully saturated rings. The Morgan fingerprint density at radius 1 is 1.13 bits per heavy atom. The van der Waals surface area contributed by atoms with Crippen molar-refractivity contribution in [2.45, 2.75) is 20.0 Å². The van der Waals surface area contributed by atoms with E-state index in [-0.39, 0.29) is 31.4 Å². The first-order chi connectivity index (χ1) is 11.1. The van der Waals surface area contributed by atoms with Gasteiger partial charge in [-0.2, -0.15) is 0 Å². The molecule has 2 aromatic rings. The van der Waals surface area contributed by atoms with Crippen molar-refractivity contribution in [1.29, 1.82) is 0 Å². The molecular weight excluding hydrogens is 292 g/mol. The number of benzene rings is 2. The zero-order chi connectivity index (χ0) is 16.7. The number of rotatable bonds is 6. The second-order valence-electron chi connectivity index (χ2n) is 5.24. The topological polar surface area (TPSA) is 81.4 Å². The van der Waals surface area contributed by atoms with Gasteiger partial charge in [0.2, 0.25) is 0 Å². The number of nitrogen functional groups attached to an aromatic ring is 1. The average molecular weight is 312 g/mol. The van der Waals surface area contributed by atoms with Crippen molar-refractivity contribution in [3.05, 3.63) is 65.2 Å². The largest absolute Gasteiger partial charge is 0.461 e. The van der Waals surface area contributed by atoms with Crippen LogP contribution in [0.1, 0.15) is 27.9 Å². The van der Waals surface area contributed by atoms with E-state index in [0.29, 0.717) is 11.3 Å². The van der Waals surface area contributed by atoms with Crippen molar-refractivity contribution in [1.82, 2.24) is 5.32 Å². The van der Waals surface area contributed by atoms with Crippen molar-refractivity contribution in [3.63, 3.8) is 0 Å². The molecule has 0 aliphatic rings. The standard InChI is InChI=1S/C18H20N2O3/c1-13-7-8-15(16(19)11-13)18(22)20-10-9-17(21)23-12-14-5-3-2-4-6-14/h2-8,11H,9-10,12,19H2,1H3,(H,20,22). The first kappa shape index (κ1) is 16.5. The third-order valence-corrected chi connectivity index (χ3v) is 3.31. The van der Waals surface area contributed by atoms with Gasteiger partial charge in [-0.05, 0) is 30.2 Å². The molecule has 0 atom stereocenters. The van der Waals surface area contributed by atoms with E-state index in [1.165, 1.54) is 0 Å². The summed E-state index contributed by atoms with van der Waals surface area (Å²) >= 11 is 0. The summed E-state index contributed by atoms with van der Waals surface area (Å²) < 4.78 is 5.14. The Morgan fingerprint density at radius 3 is 2.57 bits per heavy atom. The lowest BCUT2D eigenvalue weighted by atomic mass is 10.1. The van der Waals surface area contributed by atoms with E-state index in [1.54, 1.807) is 12.1 Å². The molecule has 2 aromatic carbocycles. The van der Waals surface area contributed by atoms with Gasteiger partial charge in [0, 0.05) is 12.2 Å². The van der Waals surface area contributed by atoms with Crippen LogP contribution < -0.4 is 11.1 Å². The van der Waals surface area contributed by atoms with Crippen LogP contribution in [0.3, 0.4) is 0 Å². The van der Waals surface area contributed by atoms with E-state index < -0.39 is 0 Å². The van der Waals surface area contributed by atoms with Crippen LogP contribution in [-0.2, 0) is 16.1 Å². The normalized spacial score (nSPS) is 10.1. The Hall–Kier alpha value is -2.82. The Balaban J connectivity index is 1.73. The van der Waals surface area contributed by atoms with Crippen molar-refractivity contribution < 1.29 is 14.3 Å². The number of carbonyl (C=O) groups is 2. The van der Waals surface area contributed by atoms with Crippen LogP contribution in [0.5, 0.6) is 0 Å². The molecule has 5 nitrogen and oxygen atoms in total. The molecule has 0 spiro atoms. The molecule has 0 aromatic heterocycles. The number of aryl methyl sites for hydroxylation is 1. The van der Waals surface area contributed by atoms with Crippen LogP contribution in [0, 0.1) is 6.92 Å². The Labute approximate surface area is 135 Å². The monoisotopic (exact) mass is 312 g/mol. The maximum Gasteiger partial charge on any atom is 0.307 e. The maximum absolute atomic E-state index is 12.0. The summed E-state index contributed by atoms with van der Waals surface area (Å²) in [7, 11) is 0. The van der Waals surface area contributed by atoms with Gasteiger partial charge in [0.05, 0.1) is 12.0 Å². The van der Waals surface area contributed by atoms with E-state index in [2.05, 4.69) is 5.32 Å². The highest BCUT2D eigenvalue weighted by Crippen LogP contribution is 2.13. The average Bonchev–Trinajstić information content (AvgIpc) is 2.53. The summed E-state index contributed by atoms with van der Waals surface area (Å²) in [6.07, 6.45) is 0.115. The van der Waals surface area contributed by atoms with Crippen LogP contribution in [0.4, 0.5) is 5.69 Å². The minimum atomic E-state index is -0.356. The van der Waals surface area contributed by atoms with E-state index in [9.17, 15) is 9.59 Å². The summed E-state index contributed by atoms with van der Waals surface area (Å²) in [6.45, 7) is 2.35. The molecule has 1 amide bonds. The smallest absolute Gasteiger partial charge is 0.307 e. The third kappa shape index (κ3) is 5.14. The first-order valence-electron chi connectivity index (χ1n) is 7.40. The summed E-state index contributed by atoms with van der Waals surface area (Å²) in [5, 5.41) is 2.67. The van der Waals surface area contributed by atoms with E-state index in [4.69, 9.17) is 10.5 Å². The van der Waals surface area contributed by atoms with Gasteiger partial charge in [-0.15, -0.1) is 0 Å². The van der Waals surface area contributed by atoms with Crippen molar-refractivity contribution >= 4 is 17.6 Å². The molecule has 0 radical (unpaired) electrons. The highest BCUT2D eigenvalue weighted by Gasteiger charge is 2.10. The highest BCUT2D eigenvalue weighted by atomic mass is 16.5. The Kier molecular flexibility index (Phi) is 5.74. The lowest BCUT2D eigenvalue weighted by Gasteiger charge is -2.08. The van der Waals surface area contributed by atoms with Gasteiger partial charge >= 0.3 is 5.97 Å². The van der Waals surface area contributed by atoms with E-state index >= 15 is 0 Å². The van der Waals surface area contributed by atoms with Crippen LogP contribution in [0.15, 0.2) is 48.5 Å². The van der Waals surface area contributed by atoms with Gasteiger partial charge in [-0.25, -0.2) is 0 Å². The van der Waals surface area contributed by atoms with Crippen LogP contribution in [-0.4, -0.2) is 18.4 Å². The molecule has 0 bridgehead atoms. The number of carbonyl (C=O) groups excluding carboxylic acids is 2. The maximum atomic E-state index is 12.0. The zero-order valence-electron chi connectivity index (χ0n) is 13.0. The minimum Gasteiger partial charge on any atom is -0.461 e. The SMILES string of the molecule is Cc1ccc(C(=O)NCCC(=O)OCc2ccccc2)c(N)c1. The molecule has 0 aliphatic carbocycles. The van der Waals surface area contributed by atoms with Crippen LogP contribution in [0.25, 0.3) is 0 Å². The Bertz CT molecular complexity index is 684. The summed E-state index contributed by atoms with van der Waals surface area (Å²) in [4.78, 5) is 23.6.